The lowest BCUT2D eigenvalue weighted by Crippen LogP contribution is -2.03. The monoisotopic (exact) mass is 291 g/mol. The molecule has 2 rings (SSSR count). The zero-order chi connectivity index (χ0) is 14.7. The van der Waals surface area contributed by atoms with Crippen LogP contribution in [0.3, 0.4) is 0 Å². The van der Waals surface area contributed by atoms with Crippen LogP contribution in [0.1, 0.15) is 23.6 Å². The van der Waals surface area contributed by atoms with Gasteiger partial charge in [0.2, 0.25) is 11.8 Å². The van der Waals surface area contributed by atoms with Crippen molar-refractivity contribution in [1.29, 1.82) is 0 Å². The number of anilines is 1. The molecule has 106 valence electrons. The summed E-state index contributed by atoms with van der Waals surface area (Å²) in [5.41, 5.74) is 3.40. The van der Waals surface area contributed by atoms with Gasteiger partial charge in [0, 0.05) is 6.54 Å². The van der Waals surface area contributed by atoms with Crippen molar-refractivity contribution < 1.29 is 4.74 Å². The van der Waals surface area contributed by atoms with Crippen molar-refractivity contribution >= 4 is 17.5 Å². The summed E-state index contributed by atoms with van der Waals surface area (Å²) in [4.78, 5) is 8.38. The van der Waals surface area contributed by atoms with E-state index in [2.05, 4.69) is 28.3 Å². The summed E-state index contributed by atoms with van der Waals surface area (Å²) >= 11 is 6.10. The van der Waals surface area contributed by atoms with Crippen molar-refractivity contribution in [3.05, 3.63) is 40.0 Å². The summed E-state index contributed by atoms with van der Waals surface area (Å²) in [5.74, 6) is 1.64. The molecule has 0 radical (unpaired) electrons. The van der Waals surface area contributed by atoms with E-state index in [1.807, 2.05) is 26.8 Å². The fourth-order valence-electron chi connectivity index (χ4n) is 1.88. The molecule has 5 heteroatoms. The number of benzene rings is 1. The van der Waals surface area contributed by atoms with E-state index >= 15 is 0 Å². The molecule has 0 unspecified atom stereocenters. The van der Waals surface area contributed by atoms with Crippen LogP contribution >= 0.6 is 11.6 Å². The predicted octanol–water partition coefficient (Wildman–Crippen LogP) is 4.28. The Morgan fingerprint density at radius 2 is 2.00 bits per heavy atom. The normalized spacial score (nSPS) is 10.4. The number of aryl methyl sites for hydroxylation is 2. The van der Waals surface area contributed by atoms with Crippen LogP contribution in [0.4, 0.5) is 5.95 Å². The molecule has 0 aliphatic heterocycles. The number of rotatable bonds is 4. The smallest absolute Gasteiger partial charge is 0.243 e. The first kappa shape index (κ1) is 14.6. The fourth-order valence-corrected chi connectivity index (χ4v) is 2.01. The van der Waals surface area contributed by atoms with Crippen molar-refractivity contribution in [1.82, 2.24) is 9.97 Å². The molecule has 20 heavy (non-hydrogen) atoms. The van der Waals surface area contributed by atoms with Gasteiger partial charge < -0.3 is 10.1 Å². The Bertz CT molecular complexity index is 629. The highest BCUT2D eigenvalue weighted by molar-refractivity contribution is 6.31. The number of nitrogens with zero attached hydrogens (tertiary/aromatic N) is 2. The Hall–Kier alpha value is -1.81. The maximum atomic E-state index is 6.10. The minimum Gasteiger partial charge on any atom is -0.437 e. The van der Waals surface area contributed by atoms with Crippen molar-refractivity contribution in [2.45, 2.75) is 27.7 Å². The summed E-state index contributed by atoms with van der Waals surface area (Å²) < 4.78 is 5.87. The van der Waals surface area contributed by atoms with E-state index < -0.39 is 0 Å². The predicted molar refractivity (Wildman–Crippen MR) is 81.9 cm³/mol. The van der Waals surface area contributed by atoms with Gasteiger partial charge in [-0.25, -0.2) is 4.98 Å². The van der Waals surface area contributed by atoms with Crippen LogP contribution in [-0.2, 0) is 0 Å². The molecular weight excluding hydrogens is 274 g/mol. The largest absolute Gasteiger partial charge is 0.437 e. The molecule has 0 aliphatic carbocycles. The average Bonchev–Trinajstić information content (AvgIpc) is 2.39. The minimum absolute atomic E-state index is 0.366. The summed E-state index contributed by atoms with van der Waals surface area (Å²) in [6, 6.07) is 4.10. The van der Waals surface area contributed by atoms with Crippen molar-refractivity contribution in [2.24, 2.45) is 0 Å². The molecule has 2 aromatic rings. The molecule has 1 aromatic heterocycles. The lowest BCUT2D eigenvalue weighted by atomic mass is 10.1. The second-order valence-electron chi connectivity index (χ2n) is 4.68. The third-order valence-electron chi connectivity index (χ3n) is 3.02. The SMILES string of the molecule is CCNc1ncc(Cl)c(Oc2cc(C)cc(C)c2C)n1. The number of ether oxygens (including phenoxy) is 1. The fraction of sp³-hybridized carbons (Fsp3) is 0.333. The highest BCUT2D eigenvalue weighted by Crippen LogP contribution is 2.31. The first-order valence-corrected chi connectivity index (χ1v) is 6.91. The number of halogens is 1. The molecule has 0 fully saturated rings. The number of hydrogen-bond acceptors (Lipinski definition) is 4. The highest BCUT2D eigenvalue weighted by Gasteiger charge is 2.11. The van der Waals surface area contributed by atoms with E-state index in [4.69, 9.17) is 16.3 Å². The second kappa shape index (κ2) is 6.09. The van der Waals surface area contributed by atoms with Crippen molar-refractivity contribution in [3.63, 3.8) is 0 Å². The molecule has 0 saturated carbocycles. The third-order valence-corrected chi connectivity index (χ3v) is 3.28. The molecule has 0 aliphatic rings. The van der Waals surface area contributed by atoms with Gasteiger partial charge in [0.25, 0.3) is 0 Å². The Balaban J connectivity index is 2.36. The maximum Gasteiger partial charge on any atom is 0.243 e. The van der Waals surface area contributed by atoms with Gasteiger partial charge in [-0.2, -0.15) is 4.98 Å². The van der Waals surface area contributed by atoms with Crippen molar-refractivity contribution in [2.75, 3.05) is 11.9 Å². The van der Waals surface area contributed by atoms with Gasteiger partial charge in [-0.1, -0.05) is 17.7 Å². The number of nitrogens with one attached hydrogen (secondary N) is 1. The molecule has 0 bridgehead atoms. The van der Waals surface area contributed by atoms with E-state index in [1.165, 1.54) is 5.56 Å². The van der Waals surface area contributed by atoms with Crippen LogP contribution in [0, 0.1) is 20.8 Å². The summed E-state index contributed by atoms with van der Waals surface area (Å²) in [5, 5.41) is 3.43. The van der Waals surface area contributed by atoms with Gasteiger partial charge in [-0.15, -0.1) is 0 Å². The molecule has 1 aromatic carbocycles. The van der Waals surface area contributed by atoms with E-state index in [9.17, 15) is 0 Å². The van der Waals surface area contributed by atoms with Crippen LogP contribution in [0.15, 0.2) is 18.3 Å². The van der Waals surface area contributed by atoms with Gasteiger partial charge >= 0.3 is 0 Å². The molecule has 0 spiro atoms. The molecule has 1 heterocycles. The Labute approximate surface area is 124 Å². The first-order chi connectivity index (χ1) is 9.51. The quantitative estimate of drug-likeness (QED) is 0.913. The third kappa shape index (κ3) is 3.20. The average molecular weight is 292 g/mol. The first-order valence-electron chi connectivity index (χ1n) is 6.53. The molecule has 4 nitrogen and oxygen atoms in total. The van der Waals surface area contributed by atoms with Gasteiger partial charge in [0.1, 0.15) is 10.8 Å². The summed E-state index contributed by atoms with van der Waals surface area (Å²) in [6.45, 7) is 8.83. The van der Waals surface area contributed by atoms with Crippen LogP contribution in [0.25, 0.3) is 0 Å². The Morgan fingerprint density at radius 1 is 1.25 bits per heavy atom. The number of aromatic nitrogens is 2. The molecular formula is C15H18ClN3O. The van der Waals surface area contributed by atoms with Crippen LogP contribution in [0.5, 0.6) is 11.6 Å². The Morgan fingerprint density at radius 3 is 2.70 bits per heavy atom. The van der Waals surface area contributed by atoms with Crippen LogP contribution < -0.4 is 10.1 Å². The van der Waals surface area contributed by atoms with E-state index in [0.717, 1.165) is 23.4 Å². The van der Waals surface area contributed by atoms with E-state index in [-0.39, 0.29) is 0 Å². The zero-order valence-electron chi connectivity index (χ0n) is 12.1. The van der Waals surface area contributed by atoms with Gasteiger partial charge in [-0.05, 0) is 50.5 Å². The van der Waals surface area contributed by atoms with Crippen LogP contribution in [-0.4, -0.2) is 16.5 Å². The topological polar surface area (TPSA) is 47.0 Å². The van der Waals surface area contributed by atoms with Gasteiger partial charge in [0.15, 0.2) is 0 Å². The summed E-state index contributed by atoms with van der Waals surface area (Å²) in [7, 11) is 0. The van der Waals surface area contributed by atoms with Crippen molar-refractivity contribution in [3.8, 4) is 11.6 Å². The summed E-state index contributed by atoms with van der Waals surface area (Å²) in [6.07, 6.45) is 1.54. The molecule has 0 amide bonds. The molecule has 0 saturated heterocycles. The van der Waals surface area contributed by atoms with Gasteiger partial charge in [0.05, 0.1) is 6.20 Å². The molecule has 0 atom stereocenters. The lowest BCUT2D eigenvalue weighted by Gasteiger charge is -2.13. The molecule has 1 N–H and O–H groups in total. The Kier molecular flexibility index (Phi) is 4.45. The highest BCUT2D eigenvalue weighted by atomic mass is 35.5. The van der Waals surface area contributed by atoms with E-state index in [1.54, 1.807) is 6.20 Å². The zero-order valence-corrected chi connectivity index (χ0v) is 12.9. The second-order valence-corrected chi connectivity index (χ2v) is 5.09. The number of hydrogen-bond donors (Lipinski definition) is 1. The van der Waals surface area contributed by atoms with Gasteiger partial charge in [-0.3, -0.25) is 0 Å². The van der Waals surface area contributed by atoms with Crippen LogP contribution in [0.2, 0.25) is 5.02 Å². The standard InChI is InChI=1S/C15H18ClN3O/c1-5-17-15-18-8-12(16)14(19-15)20-13-7-9(2)6-10(3)11(13)4/h6-8H,5H2,1-4H3,(H,17,18,19). The van der Waals surface area contributed by atoms with E-state index in [0.29, 0.717) is 16.9 Å². The minimum atomic E-state index is 0.366. The lowest BCUT2D eigenvalue weighted by molar-refractivity contribution is 0.458. The maximum absolute atomic E-state index is 6.10.